The predicted octanol–water partition coefficient (Wildman–Crippen LogP) is 2.45. The molecule has 0 bridgehead atoms. The third kappa shape index (κ3) is 4.06. The summed E-state index contributed by atoms with van der Waals surface area (Å²) in [5.41, 5.74) is 1.96. The van der Waals surface area contributed by atoms with Crippen LogP contribution in [0.3, 0.4) is 0 Å². The van der Waals surface area contributed by atoms with Gasteiger partial charge in [-0.25, -0.2) is 0 Å². The molecule has 1 saturated heterocycles. The molecule has 0 N–H and O–H groups in total. The minimum atomic E-state index is -0.257. The number of aryl methyl sites for hydroxylation is 1. The summed E-state index contributed by atoms with van der Waals surface area (Å²) in [6.07, 6.45) is 6.20. The molecule has 1 aliphatic heterocycles. The molecular weight excluding hydrogens is 290 g/mol. The molecule has 122 valence electrons. The number of likely N-dealkylation sites (tertiary alicyclic amines) is 1. The zero-order chi connectivity index (χ0) is 16.1. The molecule has 2 heterocycles. The lowest BCUT2D eigenvalue weighted by atomic mass is 10.0. The number of aromatic nitrogens is 2. The van der Waals surface area contributed by atoms with Crippen LogP contribution in [0.5, 0.6) is 5.75 Å². The number of rotatable bonds is 6. The van der Waals surface area contributed by atoms with Gasteiger partial charge in [-0.05, 0) is 25.5 Å². The summed E-state index contributed by atoms with van der Waals surface area (Å²) in [7, 11) is 1.77. The molecule has 1 fully saturated rings. The zero-order valence-corrected chi connectivity index (χ0v) is 13.7. The van der Waals surface area contributed by atoms with Crippen LogP contribution in [0.15, 0.2) is 42.9 Å². The van der Waals surface area contributed by atoms with Crippen LogP contribution in [0, 0.1) is 6.92 Å². The third-order valence-electron chi connectivity index (χ3n) is 4.35. The van der Waals surface area contributed by atoms with Crippen molar-refractivity contribution in [1.29, 1.82) is 0 Å². The highest BCUT2D eigenvalue weighted by Crippen LogP contribution is 2.27. The first-order valence-corrected chi connectivity index (χ1v) is 7.91. The van der Waals surface area contributed by atoms with Gasteiger partial charge in [0.1, 0.15) is 18.0 Å². The topological polar surface area (TPSA) is 47.5 Å². The molecule has 1 aromatic heterocycles. The van der Waals surface area contributed by atoms with Gasteiger partial charge in [-0.15, -0.1) is 0 Å². The van der Waals surface area contributed by atoms with Gasteiger partial charge < -0.3 is 9.47 Å². The molecule has 0 unspecified atom stereocenters. The standard InChI is InChI=1S/C18H23N3O2/c1-15-3-5-17(6-4-15)23-14-18(22-2)7-10-21(13-18)12-16-11-19-8-9-20-16/h3-6,8-9,11H,7,10,12-14H2,1-2H3/t18-/m0/s1. The van der Waals surface area contributed by atoms with Crippen molar-refractivity contribution in [3.05, 3.63) is 54.1 Å². The normalized spacial score (nSPS) is 21.5. The highest BCUT2D eigenvalue weighted by atomic mass is 16.5. The van der Waals surface area contributed by atoms with Crippen molar-refractivity contribution in [2.75, 3.05) is 26.8 Å². The van der Waals surface area contributed by atoms with Gasteiger partial charge in [0, 0.05) is 45.3 Å². The molecular formula is C18H23N3O2. The highest BCUT2D eigenvalue weighted by Gasteiger charge is 2.39. The van der Waals surface area contributed by atoms with Crippen LogP contribution in [0.25, 0.3) is 0 Å². The Morgan fingerprint density at radius 3 is 2.74 bits per heavy atom. The van der Waals surface area contributed by atoms with E-state index in [1.165, 1.54) is 5.56 Å². The Bertz CT molecular complexity index is 618. The fourth-order valence-electron chi connectivity index (χ4n) is 2.90. The SMILES string of the molecule is CO[C@@]1(COc2ccc(C)cc2)CCN(Cc2cnccn2)C1. The molecule has 1 atom stereocenters. The van der Waals surface area contributed by atoms with Crippen molar-refractivity contribution < 1.29 is 9.47 Å². The van der Waals surface area contributed by atoms with E-state index >= 15 is 0 Å². The lowest BCUT2D eigenvalue weighted by Gasteiger charge is -2.28. The number of hydrogen-bond donors (Lipinski definition) is 0. The number of hydrogen-bond acceptors (Lipinski definition) is 5. The van der Waals surface area contributed by atoms with E-state index in [1.807, 2.05) is 18.3 Å². The molecule has 23 heavy (non-hydrogen) atoms. The second kappa shape index (κ2) is 7.06. The smallest absolute Gasteiger partial charge is 0.119 e. The lowest BCUT2D eigenvalue weighted by molar-refractivity contribution is -0.0360. The number of methoxy groups -OCH3 is 1. The molecule has 0 aliphatic carbocycles. The van der Waals surface area contributed by atoms with Crippen molar-refractivity contribution in [3.8, 4) is 5.75 Å². The molecule has 0 amide bonds. The fourth-order valence-corrected chi connectivity index (χ4v) is 2.90. The van der Waals surface area contributed by atoms with Gasteiger partial charge >= 0.3 is 0 Å². The maximum Gasteiger partial charge on any atom is 0.119 e. The molecule has 5 nitrogen and oxygen atoms in total. The summed E-state index contributed by atoms with van der Waals surface area (Å²) in [5.74, 6) is 0.888. The van der Waals surface area contributed by atoms with Crippen molar-refractivity contribution in [1.82, 2.24) is 14.9 Å². The molecule has 0 radical (unpaired) electrons. The van der Waals surface area contributed by atoms with E-state index in [4.69, 9.17) is 9.47 Å². The van der Waals surface area contributed by atoms with E-state index in [1.54, 1.807) is 19.5 Å². The van der Waals surface area contributed by atoms with Crippen LogP contribution in [-0.4, -0.2) is 47.3 Å². The highest BCUT2D eigenvalue weighted by molar-refractivity contribution is 5.26. The Kier molecular flexibility index (Phi) is 4.88. The quantitative estimate of drug-likeness (QED) is 0.820. The Hall–Kier alpha value is -1.98. The van der Waals surface area contributed by atoms with Crippen molar-refractivity contribution in [2.24, 2.45) is 0 Å². The van der Waals surface area contributed by atoms with Gasteiger partial charge in [-0.3, -0.25) is 14.9 Å². The fraction of sp³-hybridized carbons (Fsp3) is 0.444. The average Bonchev–Trinajstić information content (AvgIpc) is 2.99. The summed E-state index contributed by atoms with van der Waals surface area (Å²) in [6, 6.07) is 8.13. The number of ether oxygens (including phenoxy) is 2. The molecule has 0 spiro atoms. The summed E-state index contributed by atoms with van der Waals surface area (Å²) >= 11 is 0. The van der Waals surface area contributed by atoms with Crippen LogP contribution in [0.4, 0.5) is 0 Å². The number of benzene rings is 1. The first-order valence-electron chi connectivity index (χ1n) is 7.91. The average molecular weight is 313 g/mol. The van der Waals surface area contributed by atoms with Gasteiger partial charge in [0.25, 0.3) is 0 Å². The first kappa shape index (κ1) is 15.9. The van der Waals surface area contributed by atoms with Crippen LogP contribution in [0.2, 0.25) is 0 Å². The largest absolute Gasteiger partial charge is 0.491 e. The van der Waals surface area contributed by atoms with Crippen molar-refractivity contribution >= 4 is 0 Å². The molecule has 2 aromatic rings. The molecule has 1 aliphatic rings. The van der Waals surface area contributed by atoms with Crippen LogP contribution < -0.4 is 4.74 Å². The van der Waals surface area contributed by atoms with E-state index in [-0.39, 0.29) is 5.60 Å². The van der Waals surface area contributed by atoms with E-state index in [2.05, 4.69) is 33.9 Å². The maximum atomic E-state index is 5.96. The summed E-state index contributed by atoms with van der Waals surface area (Å²) < 4.78 is 11.8. The number of nitrogens with zero attached hydrogens (tertiary/aromatic N) is 3. The van der Waals surface area contributed by atoms with Gasteiger partial charge in [0.15, 0.2) is 0 Å². The molecule has 0 saturated carbocycles. The minimum Gasteiger partial charge on any atom is -0.491 e. The summed E-state index contributed by atoms with van der Waals surface area (Å²) in [6.45, 7) is 5.24. The van der Waals surface area contributed by atoms with Crippen LogP contribution >= 0.6 is 0 Å². The first-order chi connectivity index (χ1) is 11.2. The maximum absolute atomic E-state index is 5.96. The summed E-state index contributed by atoms with van der Waals surface area (Å²) in [4.78, 5) is 10.8. The Morgan fingerprint density at radius 2 is 2.04 bits per heavy atom. The monoisotopic (exact) mass is 313 g/mol. The minimum absolute atomic E-state index is 0.257. The van der Waals surface area contributed by atoms with Gasteiger partial charge in [0.05, 0.1) is 5.69 Å². The van der Waals surface area contributed by atoms with Gasteiger partial charge in [-0.2, -0.15) is 0 Å². The van der Waals surface area contributed by atoms with Gasteiger partial charge in [-0.1, -0.05) is 17.7 Å². The van der Waals surface area contributed by atoms with Crippen molar-refractivity contribution in [2.45, 2.75) is 25.5 Å². The Morgan fingerprint density at radius 1 is 1.22 bits per heavy atom. The lowest BCUT2D eigenvalue weighted by Crippen LogP contribution is -2.41. The predicted molar refractivity (Wildman–Crippen MR) is 88.3 cm³/mol. The van der Waals surface area contributed by atoms with Crippen molar-refractivity contribution in [3.63, 3.8) is 0 Å². The van der Waals surface area contributed by atoms with Crippen LogP contribution in [-0.2, 0) is 11.3 Å². The zero-order valence-electron chi connectivity index (χ0n) is 13.7. The molecule has 5 heteroatoms. The van der Waals surface area contributed by atoms with Crippen LogP contribution in [0.1, 0.15) is 17.7 Å². The second-order valence-corrected chi connectivity index (χ2v) is 6.15. The molecule has 3 rings (SSSR count). The van der Waals surface area contributed by atoms with Gasteiger partial charge in [0.2, 0.25) is 0 Å². The Labute approximate surface area is 137 Å². The van der Waals surface area contributed by atoms with E-state index in [9.17, 15) is 0 Å². The third-order valence-corrected chi connectivity index (χ3v) is 4.35. The summed E-state index contributed by atoms with van der Waals surface area (Å²) in [5, 5.41) is 0. The molecule has 1 aromatic carbocycles. The van der Waals surface area contributed by atoms with E-state index < -0.39 is 0 Å². The van der Waals surface area contributed by atoms with E-state index in [0.29, 0.717) is 6.61 Å². The Balaban J connectivity index is 1.57. The van der Waals surface area contributed by atoms with E-state index in [0.717, 1.165) is 37.5 Å². The second-order valence-electron chi connectivity index (χ2n) is 6.15.